The van der Waals surface area contributed by atoms with Crippen LogP contribution in [0.15, 0.2) is 72.8 Å². The summed E-state index contributed by atoms with van der Waals surface area (Å²) in [6.45, 7) is 0.122. The van der Waals surface area contributed by atoms with Crippen LogP contribution < -0.4 is 9.47 Å². The predicted molar refractivity (Wildman–Crippen MR) is 121 cm³/mol. The molecule has 4 rings (SSSR count). The Labute approximate surface area is 191 Å². The monoisotopic (exact) mass is 443 g/mol. The summed E-state index contributed by atoms with van der Waals surface area (Å²) in [5.74, 6) is 1.66. The van der Waals surface area contributed by atoms with Gasteiger partial charge in [-0.25, -0.2) is 4.39 Å². The van der Waals surface area contributed by atoms with Gasteiger partial charge in [0.2, 0.25) is 6.79 Å². The molecule has 1 unspecified atom stereocenters. The van der Waals surface area contributed by atoms with Crippen molar-refractivity contribution in [2.45, 2.75) is 25.4 Å². The summed E-state index contributed by atoms with van der Waals surface area (Å²) in [6, 6.07) is 19.5. The van der Waals surface area contributed by atoms with E-state index in [2.05, 4.69) is 5.92 Å². The first-order valence-electron chi connectivity index (χ1n) is 10.5. The number of Topliss-reactive ketones (excluding diaryl/α,β-unsaturated/α-hetero) is 1. The lowest BCUT2D eigenvalue weighted by molar-refractivity contribution is -0.136. The van der Waals surface area contributed by atoms with Crippen LogP contribution in [0.5, 0.6) is 11.5 Å². The average Bonchev–Trinajstić information content (AvgIpc) is 3.31. The third-order valence-corrected chi connectivity index (χ3v) is 5.49. The Morgan fingerprint density at radius 1 is 0.970 bits per heavy atom. The fraction of sp³-hybridized carbons (Fsp3) is 0.185. The maximum atomic E-state index is 14.8. The van der Waals surface area contributed by atoms with E-state index in [0.717, 1.165) is 5.56 Å². The molecule has 0 saturated heterocycles. The van der Waals surface area contributed by atoms with Crippen molar-refractivity contribution in [3.63, 3.8) is 0 Å². The van der Waals surface area contributed by atoms with Crippen LogP contribution >= 0.6 is 0 Å². The number of amides is 1. The number of aryl methyl sites for hydroxylation is 1. The molecule has 5 nitrogen and oxygen atoms in total. The first-order chi connectivity index (χ1) is 16.1. The predicted octanol–water partition coefficient (Wildman–Crippen LogP) is 4.46. The molecule has 0 fully saturated rings. The van der Waals surface area contributed by atoms with Gasteiger partial charge in [-0.3, -0.25) is 9.59 Å². The Morgan fingerprint density at radius 3 is 2.45 bits per heavy atom. The number of ether oxygens (including phenoxy) is 2. The minimum Gasteiger partial charge on any atom is -0.454 e. The van der Waals surface area contributed by atoms with Crippen molar-refractivity contribution in [2.24, 2.45) is 0 Å². The lowest BCUT2D eigenvalue weighted by atomic mass is 9.95. The van der Waals surface area contributed by atoms with Gasteiger partial charge in [-0.05, 0) is 41.7 Å². The molecule has 0 saturated carbocycles. The van der Waals surface area contributed by atoms with E-state index in [-0.39, 0.29) is 31.1 Å². The van der Waals surface area contributed by atoms with Gasteiger partial charge in [0.15, 0.2) is 17.3 Å². The third kappa shape index (κ3) is 5.04. The normalized spacial score (nSPS) is 12.6. The van der Waals surface area contributed by atoms with Crippen molar-refractivity contribution in [1.82, 2.24) is 4.90 Å². The second kappa shape index (κ2) is 10.0. The van der Waals surface area contributed by atoms with E-state index in [9.17, 15) is 14.0 Å². The molecule has 1 atom stereocenters. The zero-order valence-corrected chi connectivity index (χ0v) is 17.9. The van der Waals surface area contributed by atoms with Crippen LogP contribution in [0.2, 0.25) is 0 Å². The minimum atomic E-state index is -1.16. The number of hydrogen-bond acceptors (Lipinski definition) is 4. The number of halogens is 1. The lowest BCUT2D eigenvalue weighted by Crippen LogP contribution is -2.38. The van der Waals surface area contributed by atoms with Crippen molar-refractivity contribution in [3.8, 4) is 23.8 Å². The Morgan fingerprint density at radius 2 is 1.70 bits per heavy atom. The Bertz CT molecular complexity index is 1200. The summed E-state index contributed by atoms with van der Waals surface area (Å²) < 4.78 is 25.6. The van der Waals surface area contributed by atoms with Crippen LogP contribution in [0.4, 0.5) is 4.39 Å². The summed E-state index contributed by atoms with van der Waals surface area (Å²) in [7, 11) is 0. The molecule has 0 spiro atoms. The molecule has 6 heteroatoms. The molecule has 3 aromatic carbocycles. The van der Waals surface area contributed by atoms with Crippen LogP contribution in [0, 0.1) is 18.2 Å². The van der Waals surface area contributed by atoms with E-state index in [1.165, 1.54) is 23.1 Å². The highest BCUT2D eigenvalue weighted by Crippen LogP contribution is 2.34. The highest BCUT2D eigenvalue weighted by Gasteiger charge is 2.32. The van der Waals surface area contributed by atoms with E-state index in [4.69, 9.17) is 15.9 Å². The fourth-order valence-corrected chi connectivity index (χ4v) is 3.86. The Hall–Kier alpha value is -4.11. The summed E-state index contributed by atoms with van der Waals surface area (Å²) in [6.07, 6.45) is 6.03. The lowest BCUT2D eigenvalue weighted by Gasteiger charge is -2.30. The highest BCUT2D eigenvalue weighted by molar-refractivity contribution is 5.97. The van der Waals surface area contributed by atoms with Gasteiger partial charge in [-0.1, -0.05) is 54.6 Å². The van der Waals surface area contributed by atoms with Gasteiger partial charge in [0.1, 0.15) is 11.9 Å². The molecule has 33 heavy (non-hydrogen) atoms. The molecule has 1 aliphatic heterocycles. The molecule has 0 N–H and O–H groups in total. The van der Waals surface area contributed by atoms with Crippen molar-refractivity contribution in [3.05, 3.63) is 95.3 Å². The summed E-state index contributed by atoms with van der Waals surface area (Å²) in [5.41, 5.74) is 1.77. The molecule has 0 aromatic heterocycles. The van der Waals surface area contributed by atoms with Crippen molar-refractivity contribution in [2.75, 3.05) is 6.79 Å². The fourth-order valence-electron chi connectivity index (χ4n) is 3.86. The molecule has 1 amide bonds. The van der Waals surface area contributed by atoms with Crippen molar-refractivity contribution in [1.29, 1.82) is 0 Å². The number of fused-ring (bicyclic) bond motifs is 1. The molecular weight excluding hydrogens is 421 g/mol. The van der Waals surface area contributed by atoms with Crippen LogP contribution in [-0.4, -0.2) is 23.4 Å². The smallest absolute Gasteiger partial charge is 0.299 e. The molecule has 1 aliphatic rings. The largest absolute Gasteiger partial charge is 0.454 e. The van der Waals surface area contributed by atoms with E-state index in [1.54, 1.807) is 24.3 Å². The molecule has 3 aromatic rings. The summed E-state index contributed by atoms with van der Waals surface area (Å²) in [4.78, 5) is 27.5. The number of rotatable bonds is 8. The van der Waals surface area contributed by atoms with Gasteiger partial charge >= 0.3 is 0 Å². The van der Waals surface area contributed by atoms with Gasteiger partial charge in [0, 0.05) is 18.5 Å². The highest BCUT2D eigenvalue weighted by atomic mass is 19.1. The number of benzene rings is 3. The van der Waals surface area contributed by atoms with E-state index in [0.29, 0.717) is 23.5 Å². The van der Waals surface area contributed by atoms with E-state index >= 15 is 0 Å². The average molecular weight is 443 g/mol. The molecular formula is C27H22FNO4. The number of hydrogen-bond donors (Lipinski definition) is 0. The minimum absolute atomic E-state index is 0.00967. The van der Waals surface area contributed by atoms with Gasteiger partial charge in [-0.15, -0.1) is 6.42 Å². The molecule has 1 heterocycles. The molecule has 0 bridgehead atoms. The number of carbonyl (C=O) groups excluding carboxylic acids is 2. The molecule has 0 radical (unpaired) electrons. The standard InChI is InChI=1S/C27H22FNO4/c1-2-26(31)29(17-20-13-15-24-25(16-20)33-18-32-24)27(21-10-6-7-11-22(21)28)23(30)14-12-19-8-4-3-5-9-19/h1,3-11,13,15-16,27H,12,14,17-18H2. The van der Waals surface area contributed by atoms with Crippen LogP contribution in [0.3, 0.4) is 0 Å². The Balaban J connectivity index is 1.67. The number of ketones is 1. The zero-order chi connectivity index (χ0) is 23.2. The third-order valence-electron chi connectivity index (χ3n) is 5.49. The Kier molecular flexibility index (Phi) is 6.70. The summed E-state index contributed by atoms with van der Waals surface area (Å²) >= 11 is 0. The van der Waals surface area contributed by atoms with Crippen LogP contribution in [-0.2, 0) is 22.6 Å². The van der Waals surface area contributed by atoms with E-state index in [1.807, 2.05) is 30.3 Å². The number of terminal acetylenes is 1. The first kappa shape index (κ1) is 22.1. The van der Waals surface area contributed by atoms with Crippen LogP contribution in [0.1, 0.15) is 29.2 Å². The number of carbonyl (C=O) groups is 2. The van der Waals surface area contributed by atoms with Crippen LogP contribution in [0.25, 0.3) is 0 Å². The van der Waals surface area contributed by atoms with Gasteiger partial charge in [0.25, 0.3) is 5.91 Å². The maximum absolute atomic E-state index is 14.8. The topological polar surface area (TPSA) is 55.8 Å². The second-order valence-electron chi connectivity index (χ2n) is 7.64. The molecule has 166 valence electrons. The quantitative estimate of drug-likeness (QED) is 0.483. The zero-order valence-electron chi connectivity index (χ0n) is 17.9. The number of nitrogens with zero attached hydrogens (tertiary/aromatic N) is 1. The first-order valence-corrected chi connectivity index (χ1v) is 10.5. The van der Waals surface area contributed by atoms with Crippen molar-refractivity contribution < 1.29 is 23.5 Å². The van der Waals surface area contributed by atoms with Gasteiger partial charge in [0.05, 0.1) is 0 Å². The van der Waals surface area contributed by atoms with Crippen molar-refractivity contribution >= 4 is 11.7 Å². The van der Waals surface area contributed by atoms with Gasteiger partial charge in [-0.2, -0.15) is 0 Å². The SMILES string of the molecule is C#CC(=O)N(Cc1ccc2c(c1)OCO2)C(C(=O)CCc1ccccc1)c1ccccc1F. The van der Waals surface area contributed by atoms with Gasteiger partial charge < -0.3 is 14.4 Å². The maximum Gasteiger partial charge on any atom is 0.299 e. The molecule has 0 aliphatic carbocycles. The van der Waals surface area contributed by atoms with E-state index < -0.39 is 17.8 Å². The second-order valence-corrected chi connectivity index (χ2v) is 7.64. The summed E-state index contributed by atoms with van der Waals surface area (Å²) in [5, 5.41) is 0.